The maximum atomic E-state index is 12.1. The molecule has 2 aromatic heterocycles. The van der Waals surface area contributed by atoms with E-state index < -0.39 is 18.1 Å². The van der Waals surface area contributed by atoms with Crippen LogP contribution in [0.1, 0.15) is 23.3 Å². The van der Waals surface area contributed by atoms with Crippen LogP contribution in [0.25, 0.3) is 22.6 Å². The third-order valence-electron chi connectivity index (χ3n) is 5.41. The Morgan fingerprint density at radius 3 is 2.90 bits per heavy atom. The molecule has 2 amide bonds. The Hall–Kier alpha value is -3.62. The van der Waals surface area contributed by atoms with E-state index in [1.807, 2.05) is 31.2 Å². The van der Waals surface area contributed by atoms with Gasteiger partial charge < -0.3 is 15.0 Å². The lowest BCUT2D eigenvalue weighted by Gasteiger charge is -2.15. The smallest absolute Gasteiger partial charge is 0.415 e. The van der Waals surface area contributed by atoms with Crippen molar-refractivity contribution in [3.05, 3.63) is 41.2 Å². The summed E-state index contributed by atoms with van der Waals surface area (Å²) in [6, 6.07) is 7.64. The first-order valence-electron chi connectivity index (χ1n) is 9.43. The molecule has 1 aliphatic heterocycles. The summed E-state index contributed by atoms with van der Waals surface area (Å²) in [4.78, 5) is 24.9. The number of rotatable bonds is 3. The standard InChI is InChI=1S/C20H19N5O4/c1-10-7-15(24-29-10)18-14-4-2-3-11-8-12(5-6-13(11)17(14)22-23-18)25-9-16(19(21)26)28-20(25)27/h5-8,16H,2-4,9H2,1H3,(H2,21,26)(H,22,23). The first kappa shape index (κ1) is 17.5. The molecular formula is C20H19N5O4. The first-order valence-corrected chi connectivity index (χ1v) is 9.43. The fourth-order valence-electron chi connectivity index (χ4n) is 3.99. The second-order valence-corrected chi connectivity index (χ2v) is 7.33. The number of nitrogens with zero attached hydrogens (tertiary/aromatic N) is 3. The highest BCUT2D eigenvalue weighted by atomic mass is 16.6. The Balaban J connectivity index is 1.52. The van der Waals surface area contributed by atoms with Crippen molar-refractivity contribution in [2.24, 2.45) is 5.73 Å². The molecule has 3 aromatic rings. The average molecular weight is 393 g/mol. The number of nitrogens with two attached hydrogens (primary N) is 1. The van der Waals surface area contributed by atoms with Gasteiger partial charge in [-0.15, -0.1) is 0 Å². The van der Waals surface area contributed by atoms with Gasteiger partial charge in [0.25, 0.3) is 5.91 Å². The van der Waals surface area contributed by atoms with Crippen LogP contribution in [0.2, 0.25) is 0 Å². The van der Waals surface area contributed by atoms with Gasteiger partial charge in [0, 0.05) is 22.9 Å². The van der Waals surface area contributed by atoms with Crippen molar-refractivity contribution in [3.63, 3.8) is 0 Å². The molecule has 0 spiro atoms. The van der Waals surface area contributed by atoms with E-state index in [1.165, 1.54) is 4.90 Å². The van der Waals surface area contributed by atoms with E-state index in [1.54, 1.807) is 0 Å². The van der Waals surface area contributed by atoms with E-state index in [0.717, 1.165) is 58.8 Å². The van der Waals surface area contributed by atoms with E-state index in [2.05, 4.69) is 15.4 Å². The van der Waals surface area contributed by atoms with E-state index in [-0.39, 0.29) is 6.54 Å². The number of aromatic amines is 1. The fourth-order valence-corrected chi connectivity index (χ4v) is 3.99. The van der Waals surface area contributed by atoms with Crippen LogP contribution >= 0.6 is 0 Å². The van der Waals surface area contributed by atoms with Gasteiger partial charge in [-0.1, -0.05) is 11.2 Å². The third-order valence-corrected chi connectivity index (χ3v) is 5.41. The van der Waals surface area contributed by atoms with Crippen molar-refractivity contribution in [2.45, 2.75) is 32.3 Å². The van der Waals surface area contributed by atoms with Gasteiger partial charge in [-0.05, 0) is 43.9 Å². The van der Waals surface area contributed by atoms with Gasteiger partial charge >= 0.3 is 6.09 Å². The Bertz CT molecular complexity index is 1130. The Labute approximate surface area is 165 Å². The maximum Gasteiger partial charge on any atom is 0.415 e. The molecule has 1 fully saturated rings. The number of cyclic esters (lactones) is 1. The number of H-pyrrole nitrogens is 1. The summed E-state index contributed by atoms with van der Waals surface area (Å²) in [5, 5.41) is 11.8. The van der Waals surface area contributed by atoms with Crippen LogP contribution in [0.4, 0.5) is 10.5 Å². The molecule has 0 saturated carbocycles. The molecule has 9 heteroatoms. The molecule has 2 aliphatic rings. The minimum absolute atomic E-state index is 0.121. The van der Waals surface area contributed by atoms with Crippen LogP contribution in [0.15, 0.2) is 28.8 Å². The van der Waals surface area contributed by atoms with Crippen LogP contribution in [-0.4, -0.2) is 40.0 Å². The number of aryl methyl sites for hydroxylation is 2. The number of anilines is 1. The fraction of sp³-hybridized carbons (Fsp3) is 0.300. The van der Waals surface area contributed by atoms with Crippen LogP contribution in [0, 0.1) is 6.92 Å². The van der Waals surface area contributed by atoms with Crippen LogP contribution in [-0.2, 0) is 22.4 Å². The number of aromatic nitrogens is 3. The average Bonchev–Trinajstić information content (AvgIpc) is 3.38. The van der Waals surface area contributed by atoms with Gasteiger partial charge in [0.1, 0.15) is 11.5 Å². The summed E-state index contributed by atoms with van der Waals surface area (Å²) in [5.74, 6) is 0.0983. The van der Waals surface area contributed by atoms with E-state index in [0.29, 0.717) is 5.69 Å². The van der Waals surface area contributed by atoms with Gasteiger partial charge in [0.15, 0.2) is 6.10 Å². The van der Waals surface area contributed by atoms with E-state index >= 15 is 0 Å². The highest BCUT2D eigenvalue weighted by Crippen LogP contribution is 2.38. The zero-order valence-corrected chi connectivity index (χ0v) is 15.8. The number of hydrogen-bond donors (Lipinski definition) is 2. The number of fused-ring (bicyclic) bond motifs is 3. The zero-order valence-electron chi connectivity index (χ0n) is 15.8. The second kappa shape index (κ2) is 6.47. The number of hydrogen-bond acceptors (Lipinski definition) is 6. The number of nitrogens with one attached hydrogen (secondary N) is 1. The van der Waals surface area contributed by atoms with Gasteiger partial charge in [-0.2, -0.15) is 5.10 Å². The normalized spacial score (nSPS) is 18.2. The number of primary amides is 1. The number of amides is 2. The van der Waals surface area contributed by atoms with Crippen LogP contribution in [0.3, 0.4) is 0 Å². The molecule has 29 heavy (non-hydrogen) atoms. The second-order valence-electron chi connectivity index (χ2n) is 7.33. The summed E-state index contributed by atoms with van der Waals surface area (Å²) in [5.41, 5.74) is 11.7. The number of carbonyl (C=O) groups excluding carboxylic acids is 2. The monoisotopic (exact) mass is 393 g/mol. The van der Waals surface area contributed by atoms with Crippen molar-refractivity contribution in [1.82, 2.24) is 15.4 Å². The summed E-state index contributed by atoms with van der Waals surface area (Å²) < 4.78 is 10.3. The number of benzene rings is 1. The lowest BCUT2D eigenvalue weighted by atomic mass is 10.0. The molecule has 3 N–H and O–H groups in total. The molecule has 1 aliphatic carbocycles. The summed E-state index contributed by atoms with van der Waals surface area (Å²) in [6.07, 6.45) is 1.14. The predicted molar refractivity (Wildman–Crippen MR) is 103 cm³/mol. The minimum atomic E-state index is -0.923. The summed E-state index contributed by atoms with van der Waals surface area (Å²) >= 11 is 0. The highest BCUT2D eigenvalue weighted by molar-refractivity contribution is 5.95. The lowest BCUT2D eigenvalue weighted by molar-refractivity contribution is -0.124. The molecule has 148 valence electrons. The van der Waals surface area contributed by atoms with Gasteiger partial charge in [0.05, 0.1) is 17.9 Å². The van der Waals surface area contributed by atoms with Crippen LogP contribution < -0.4 is 10.6 Å². The lowest BCUT2D eigenvalue weighted by Crippen LogP contribution is -2.32. The molecule has 0 bridgehead atoms. The summed E-state index contributed by atoms with van der Waals surface area (Å²) in [6.45, 7) is 1.98. The molecule has 0 radical (unpaired) electrons. The topological polar surface area (TPSA) is 127 Å². The zero-order chi connectivity index (χ0) is 20.1. The molecule has 1 unspecified atom stereocenters. The molecule has 1 saturated heterocycles. The Morgan fingerprint density at radius 1 is 1.31 bits per heavy atom. The van der Waals surface area contributed by atoms with Crippen molar-refractivity contribution >= 4 is 17.7 Å². The van der Waals surface area contributed by atoms with Gasteiger partial charge in [-0.3, -0.25) is 14.8 Å². The van der Waals surface area contributed by atoms with Crippen LogP contribution in [0.5, 0.6) is 0 Å². The van der Waals surface area contributed by atoms with Gasteiger partial charge in [-0.25, -0.2) is 4.79 Å². The molecule has 9 nitrogen and oxygen atoms in total. The molecular weight excluding hydrogens is 374 g/mol. The Morgan fingerprint density at radius 2 is 2.17 bits per heavy atom. The molecule has 5 rings (SSSR count). The summed E-state index contributed by atoms with van der Waals surface area (Å²) in [7, 11) is 0. The van der Waals surface area contributed by atoms with E-state index in [9.17, 15) is 9.59 Å². The first-order chi connectivity index (χ1) is 14.0. The third kappa shape index (κ3) is 2.86. The van der Waals surface area contributed by atoms with Crippen molar-refractivity contribution in [2.75, 3.05) is 11.4 Å². The largest absolute Gasteiger partial charge is 0.434 e. The maximum absolute atomic E-state index is 12.1. The highest BCUT2D eigenvalue weighted by Gasteiger charge is 2.36. The minimum Gasteiger partial charge on any atom is -0.434 e. The van der Waals surface area contributed by atoms with Crippen molar-refractivity contribution < 1.29 is 18.8 Å². The number of ether oxygens (including phenoxy) is 1. The molecule has 3 heterocycles. The van der Waals surface area contributed by atoms with Crippen molar-refractivity contribution in [3.8, 4) is 22.6 Å². The quantitative estimate of drug-likeness (QED) is 0.703. The molecule has 1 aromatic carbocycles. The molecule has 1 atom stereocenters. The SMILES string of the molecule is Cc1cc(-c2[nH]nc3c2CCCc2cc(N4CC(C(N)=O)OC4=O)ccc2-3)no1. The van der Waals surface area contributed by atoms with Crippen molar-refractivity contribution in [1.29, 1.82) is 0 Å². The predicted octanol–water partition coefficient (Wildman–Crippen LogP) is 2.34. The van der Waals surface area contributed by atoms with Gasteiger partial charge in [0.2, 0.25) is 0 Å². The number of carbonyl (C=O) groups is 2. The Kier molecular flexibility index (Phi) is 3.90. The van der Waals surface area contributed by atoms with E-state index in [4.69, 9.17) is 15.0 Å².